The first-order valence-corrected chi connectivity index (χ1v) is 7.13. The number of rotatable bonds is 7. The number of carbonyl (C=O) groups excluding carboxylic acids is 4. The zero-order valence-electron chi connectivity index (χ0n) is 13.0. The third-order valence-electron chi connectivity index (χ3n) is 3.32. The maximum Gasteiger partial charge on any atom is 0.247 e. The Morgan fingerprint density at radius 2 is 1.95 bits per heavy atom. The number of imide groups is 1. The Kier molecular flexibility index (Phi) is 6.44. The minimum Gasteiger partial charge on any atom is -0.336 e. The van der Waals surface area contributed by atoms with Gasteiger partial charge in [0.2, 0.25) is 23.6 Å². The van der Waals surface area contributed by atoms with Crippen LogP contribution in [0.1, 0.15) is 26.7 Å². The predicted octanol–water partition coefficient (Wildman–Crippen LogP) is -2.35. The predicted molar refractivity (Wildman–Crippen MR) is 78.2 cm³/mol. The molecular formula is C13H23N5O4. The molecule has 22 heavy (non-hydrogen) atoms. The first kappa shape index (κ1) is 18.1. The van der Waals surface area contributed by atoms with Crippen LogP contribution < -0.4 is 21.7 Å². The Morgan fingerprint density at radius 1 is 1.32 bits per heavy atom. The highest BCUT2D eigenvalue weighted by atomic mass is 16.2. The molecule has 0 bridgehead atoms. The fourth-order valence-electron chi connectivity index (χ4n) is 2.12. The zero-order chi connectivity index (χ0) is 16.9. The molecule has 0 spiro atoms. The second kappa shape index (κ2) is 7.85. The fraction of sp³-hybridized carbons (Fsp3) is 0.692. The quantitative estimate of drug-likeness (QED) is 0.307. The van der Waals surface area contributed by atoms with Gasteiger partial charge in [-0.25, -0.2) is 0 Å². The fourth-order valence-corrected chi connectivity index (χ4v) is 2.12. The Balaban J connectivity index is 2.52. The Morgan fingerprint density at radius 3 is 2.45 bits per heavy atom. The third kappa shape index (κ3) is 4.50. The van der Waals surface area contributed by atoms with Crippen molar-refractivity contribution in [2.45, 2.75) is 44.9 Å². The maximum absolute atomic E-state index is 12.1. The molecule has 1 aliphatic rings. The van der Waals surface area contributed by atoms with Gasteiger partial charge in [-0.05, 0) is 20.9 Å². The highest BCUT2D eigenvalue weighted by molar-refractivity contribution is 6.08. The van der Waals surface area contributed by atoms with Crippen molar-refractivity contribution >= 4 is 23.6 Å². The molecule has 1 fully saturated rings. The van der Waals surface area contributed by atoms with E-state index in [4.69, 9.17) is 5.73 Å². The van der Waals surface area contributed by atoms with Crippen LogP contribution in [0, 0.1) is 0 Å². The van der Waals surface area contributed by atoms with Gasteiger partial charge in [0.15, 0.2) is 0 Å². The number of likely N-dealkylation sites (tertiary alicyclic amines) is 1. The van der Waals surface area contributed by atoms with E-state index in [0.717, 1.165) is 4.90 Å². The van der Waals surface area contributed by atoms with E-state index in [0.29, 0.717) is 6.54 Å². The van der Waals surface area contributed by atoms with Crippen LogP contribution in [-0.2, 0) is 19.2 Å². The van der Waals surface area contributed by atoms with Crippen LogP contribution in [-0.4, -0.2) is 60.4 Å². The summed E-state index contributed by atoms with van der Waals surface area (Å²) in [5.41, 5.74) is 5.50. The molecule has 0 radical (unpaired) electrons. The largest absolute Gasteiger partial charge is 0.336 e. The second-order valence-electron chi connectivity index (χ2n) is 5.24. The Bertz CT molecular complexity index is 467. The number of hydrogen-bond donors (Lipinski definition) is 4. The van der Waals surface area contributed by atoms with Gasteiger partial charge in [-0.1, -0.05) is 0 Å². The molecule has 1 heterocycles. The normalized spacial score (nSPS) is 20.7. The van der Waals surface area contributed by atoms with Gasteiger partial charge in [0.25, 0.3) is 0 Å². The smallest absolute Gasteiger partial charge is 0.247 e. The summed E-state index contributed by atoms with van der Waals surface area (Å²) in [4.78, 5) is 47.9. The van der Waals surface area contributed by atoms with E-state index in [1.165, 1.54) is 6.92 Å². The van der Waals surface area contributed by atoms with Crippen molar-refractivity contribution in [2.24, 2.45) is 5.73 Å². The minimum atomic E-state index is -0.967. The van der Waals surface area contributed by atoms with Crippen molar-refractivity contribution in [3.8, 4) is 0 Å². The average molecular weight is 313 g/mol. The van der Waals surface area contributed by atoms with Crippen molar-refractivity contribution in [1.82, 2.24) is 20.9 Å². The topological polar surface area (TPSA) is 134 Å². The van der Waals surface area contributed by atoms with E-state index in [1.54, 1.807) is 14.0 Å². The highest BCUT2D eigenvalue weighted by Gasteiger charge is 2.41. The van der Waals surface area contributed by atoms with Gasteiger partial charge in [-0.2, -0.15) is 0 Å². The van der Waals surface area contributed by atoms with Crippen LogP contribution in [0.5, 0.6) is 0 Å². The summed E-state index contributed by atoms with van der Waals surface area (Å²) in [6.07, 6.45) is -0.419. The van der Waals surface area contributed by atoms with Gasteiger partial charge in [-0.15, -0.1) is 0 Å². The summed E-state index contributed by atoms with van der Waals surface area (Å²) in [6.45, 7) is 3.57. The summed E-state index contributed by atoms with van der Waals surface area (Å²) >= 11 is 0. The molecule has 3 unspecified atom stereocenters. The summed E-state index contributed by atoms with van der Waals surface area (Å²) in [5, 5.41) is 7.98. The molecule has 1 aliphatic heterocycles. The lowest BCUT2D eigenvalue weighted by molar-refractivity contribution is -0.146. The van der Waals surface area contributed by atoms with Gasteiger partial charge in [-0.3, -0.25) is 24.1 Å². The molecule has 0 aromatic rings. The molecule has 0 saturated carbocycles. The minimum absolute atomic E-state index is 0.0905. The van der Waals surface area contributed by atoms with Crippen molar-refractivity contribution in [2.75, 3.05) is 13.6 Å². The summed E-state index contributed by atoms with van der Waals surface area (Å²) in [5.74, 6) is -1.77. The molecule has 4 amide bonds. The monoisotopic (exact) mass is 313 g/mol. The number of carbonyl (C=O) groups is 4. The van der Waals surface area contributed by atoms with Crippen LogP contribution in [0.25, 0.3) is 0 Å². The second-order valence-corrected chi connectivity index (χ2v) is 5.24. The van der Waals surface area contributed by atoms with E-state index in [9.17, 15) is 19.2 Å². The van der Waals surface area contributed by atoms with Gasteiger partial charge >= 0.3 is 0 Å². The van der Waals surface area contributed by atoms with E-state index < -0.39 is 36.0 Å². The van der Waals surface area contributed by atoms with E-state index in [2.05, 4.69) is 16.0 Å². The summed E-state index contributed by atoms with van der Waals surface area (Å²) in [7, 11) is 1.73. The van der Waals surface area contributed by atoms with Crippen molar-refractivity contribution in [3.05, 3.63) is 0 Å². The summed E-state index contributed by atoms with van der Waals surface area (Å²) in [6, 6.07) is -1.85. The lowest BCUT2D eigenvalue weighted by Gasteiger charge is -2.24. The molecule has 3 atom stereocenters. The number of hydrogen-bond acceptors (Lipinski definition) is 6. The SMILES string of the molecule is CNCCC(=O)NC(C)NC(=O)C(C)N1C(=O)CC(N)C1=O. The van der Waals surface area contributed by atoms with Crippen LogP contribution in [0.2, 0.25) is 0 Å². The van der Waals surface area contributed by atoms with Crippen molar-refractivity contribution in [1.29, 1.82) is 0 Å². The first-order chi connectivity index (χ1) is 10.3. The van der Waals surface area contributed by atoms with E-state index >= 15 is 0 Å². The number of nitrogens with zero attached hydrogens (tertiary/aromatic N) is 1. The van der Waals surface area contributed by atoms with Gasteiger partial charge < -0.3 is 21.7 Å². The lowest BCUT2D eigenvalue weighted by Crippen LogP contribution is -2.54. The highest BCUT2D eigenvalue weighted by Crippen LogP contribution is 2.14. The van der Waals surface area contributed by atoms with Crippen LogP contribution in [0.15, 0.2) is 0 Å². The van der Waals surface area contributed by atoms with Crippen LogP contribution in [0.3, 0.4) is 0 Å². The van der Waals surface area contributed by atoms with Gasteiger partial charge in [0, 0.05) is 13.0 Å². The molecule has 1 rings (SSSR count). The Labute approximate surface area is 129 Å². The van der Waals surface area contributed by atoms with E-state index in [1.807, 2.05) is 0 Å². The lowest BCUT2D eigenvalue weighted by atomic mass is 10.2. The van der Waals surface area contributed by atoms with Gasteiger partial charge in [0.1, 0.15) is 6.04 Å². The number of nitrogens with two attached hydrogens (primary N) is 1. The maximum atomic E-state index is 12.1. The molecule has 0 aromatic carbocycles. The molecule has 9 heteroatoms. The standard InChI is InChI=1S/C13H23N5O4/c1-7(18-11(20)6-9(14)13(18)22)12(21)17-8(2)16-10(19)4-5-15-3/h7-9,15H,4-6,14H2,1-3H3,(H,16,19)(H,17,21). The number of nitrogens with one attached hydrogen (secondary N) is 3. The van der Waals surface area contributed by atoms with Gasteiger partial charge in [0.05, 0.1) is 18.6 Å². The molecule has 1 saturated heterocycles. The van der Waals surface area contributed by atoms with Crippen LogP contribution >= 0.6 is 0 Å². The van der Waals surface area contributed by atoms with Crippen molar-refractivity contribution in [3.63, 3.8) is 0 Å². The summed E-state index contributed by atoms with van der Waals surface area (Å²) < 4.78 is 0. The number of amides is 4. The molecule has 5 N–H and O–H groups in total. The van der Waals surface area contributed by atoms with E-state index in [-0.39, 0.29) is 18.7 Å². The molecule has 0 aromatic heterocycles. The molecular weight excluding hydrogens is 290 g/mol. The Hall–Kier alpha value is -2.00. The average Bonchev–Trinajstić information content (AvgIpc) is 2.68. The molecule has 9 nitrogen and oxygen atoms in total. The van der Waals surface area contributed by atoms with Crippen molar-refractivity contribution < 1.29 is 19.2 Å². The first-order valence-electron chi connectivity index (χ1n) is 7.13. The zero-order valence-corrected chi connectivity index (χ0v) is 13.0. The molecule has 124 valence electrons. The van der Waals surface area contributed by atoms with Crippen LogP contribution in [0.4, 0.5) is 0 Å². The third-order valence-corrected chi connectivity index (χ3v) is 3.32. The molecule has 0 aliphatic carbocycles.